The number of hydrogen-bond acceptors (Lipinski definition) is 4. The Hall–Kier alpha value is -3.77. The minimum atomic E-state index is -1.07. The summed E-state index contributed by atoms with van der Waals surface area (Å²) >= 11 is 0. The Morgan fingerprint density at radius 3 is 2.59 bits per heavy atom. The van der Waals surface area contributed by atoms with Gasteiger partial charge in [-0.1, -0.05) is 36.4 Å². The molecule has 1 heterocycles. The number of nitrogens with one attached hydrogen (secondary N) is 1. The molecular formula is C23H19NO5. The normalized spacial score (nSPS) is 10.8. The van der Waals surface area contributed by atoms with Gasteiger partial charge in [0.05, 0.1) is 12.9 Å². The Labute approximate surface area is 167 Å². The standard InChI is InChI=1S/C23H19NO5/c25-13-18-14-28-22-20(18)10-17(11-21(22)29-19-7-2-1-3-8-19)16-6-4-5-15(9-16)12-24-23(26)27/h1-11,14,24-25H,12-13H2,(H,26,27). The summed E-state index contributed by atoms with van der Waals surface area (Å²) in [5, 5.41) is 21.6. The highest BCUT2D eigenvalue weighted by Crippen LogP contribution is 2.37. The molecular weight excluding hydrogens is 370 g/mol. The number of fused-ring (bicyclic) bond motifs is 1. The highest BCUT2D eigenvalue weighted by atomic mass is 16.5. The quantitative estimate of drug-likeness (QED) is 0.424. The van der Waals surface area contributed by atoms with Crippen LogP contribution in [0.5, 0.6) is 11.5 Å². The second kappa shape index (κ2) is 8.08. The minimum absolute atomic E-state index is 0.149. The SMILES string of the molecule is O=C(O)NCc1cccc(-c2cc(Oc3ccccc3)c3occ(CO)c3c2)c1. The van der Waals surface area contributed by atoms with Gasteiger partial charge in [0, 0.05) is 17.5 Å². The summed E-state index contributed by atoms with van der Waals surface area (Å²) < 4.78 is 11.7. The topological polar surface area (TPSA) is 91.9 Å². The zero-order valence-electron chi connectivity index (χ0n) is 15.5. The van der Waals surface area contributed by atoms with Crippen LogP contribution in [0.2, 0.25) is 0 Å². The largest absolute Gasteiger partial charge is 0.465 e. The number of amides is 1. The van der Waals surface area contributed by atoms with Crippen LogP contribution in [-0.4, -0.2) is 16.3 Å². The molecule has 146 valence electrons. The van der Waals surface area contributed by atoms with Crippen LogP contribution in [0.15, 0.2) is 77.4 Å². The fourth-order valence-corrected chi connectivity index (χ4v) is 3.17. The fourth-order valence-electron chi connectivity index (χ4n) is 3.17. The molecule has 0 saturated carbocycles. The molecule has 0 spiro atoms. The lowest BCUT2D eigenvalue weighted by atomic mass is 10.00. The molecule has 0 bridgehead atoms. The highest BCUT2D eigenvalue weighted by Gasteiger charge is 2.15. The van der Waals surface area contributed by atoms with Crippen LogP contribution in [0, 0.1) is 0 Å². The lowest BCUT2D eigenvalue weighted by Crippen LogP contribution is -2.19. The van der Waals surface area contributed by atoms with Crippen molar-refractivity contribution in [1.29, 1.82) is 0 Å². The number of para-hydroxylation sites is 1. The zero-order valence-corrected chi connectivity index (χ0v) is 15.5. The summed E-state index contributed by atoms with van der Waals surface area (Å²) in [6.07, 6.45) is 0.459. The van der Waals surface area contributed by atoms with E-state index < -0.39 is 6.09 Å². The number of hydrogen-bond donors (Lipinski definition) is 3. The second-order valence-electron chi connectivity index (χ2n) is 6.54. The van der Waals surface area contributed by atoms with Crippen molar-refractivity contribution >= 4 is 17.1 Å². The van der Waals surface area contributed by atoms with Crippen molar-refractivity contribution < 1.29 is 24.2 Å². The van der Waals surface area contributed by atoms with E-state index in [4.69, 9.17) is 14.3 Å². The molecule has 3 N–H and O–H groups in total. The summed E-state index contributed by atoms with van der Waals surface area (Å²) in [5.41, 5.74) is 3.84. The third kappa shape index (κ3) is 4.07. The van der Waals surface area contributed by atoms with Gasteiger partial charge >= 0.3 is 6.09 Å². The number of carbonyl (C=O) groups is 1. The molecule has 0 fully saturated rings. The average molecular weight is 389 g/mol. The van der Waals surface area contributed by atoms with Gasteiger partial charge in [0.15, 0.2) is 11.3 Å². The van der Waals surface area contributed by atoms with Gasteiger partial charge in [-0.25, -0.2) is 4.79 Å². The predicted molar refractivity (Wildman–Crippen MR) is 109 cm³/mol. The summed E-state index contributed by atoms with van der Waals surface area (Å²) in [5.74, 6) is 1.21. The van der Waals surface area contributed by atoms with Crippen molar-refractivity contribution in [3.05, 3.63) is 84.1 Å². The molecule has 3 aromatic carbocycles. The van der Waals surface area contributed by atoms with Crippen LogP contribution in [0.3, 0.4) is 0 Å². The van der Waals surface area contributed by atoms with Crippen LogP contribution in [0.1, 0.15) is 11.1 Å². The molecule has 0 unspecified atom stereocenters. The molecule has 0 atom stereocenters. The van der Waals surface area contributed by atoms with E-state index in [1.165, 1.54) is 6.26 Å². The van der Waals surface area contributed by atoms with E-state index >= 15 is 0 Å². The lowest BCUT2D eigenvalue weighted by Gasteiger charge is -2.11. The van der Waals surface area contributed by atoms with E-state index in [-0.39, 0.29) is 13.2 Å². The molecule has 1 amide bonds. The molecule has 6 heteroatoms. The molecule has 4 aromatic rings. The first kappa shape index (κ1) is 18.6. The van der Waals surface area contributed by atoms with Crippen molar-refractivity contribution in [3.63, 3.8) is 0 Å². The zero-order chi connectivity index (χ0) is 20.2. The first-order chi connectivity index (χ1) is 14.1. The van der Waals surface area contributed by atoms with Crippen LogP contribution >= 0.6 is 0 Å². The molecule has 6 nitrogen and oxygen atoms in total. The van der Waals surface area contributed by atoms with Crippen LogP contribution in [0.25, 0.3) is 22.1 Å². The molecule has 0 aliphatic heterocycles. The smallest absolute Gasteiger partial charge is 0.404 e. The average Bonchev–Trinajstić information content (AvgIpc) is 3.16. The first-order valence-electron chi connectivity index (χ1n) is 9.08. The van der Waals surface area contributed by atoms with E-state index in [1.807, 2.05) is 66.7 Å². The number of carboxylic acid groups (broad SMARTS) is 1. The van der Waals surface area contributed by atoms with E-state index in [0.29, 0.717) is 22.6 Å². The van der Waals surface area contributed by atoms with Crippen LogP contribution in [-0.2, 0) is 13.2 Å². The summed E-state index contributed by atoms with van der Waals surface area (Å²) in [6, 6.07) is 20.8. The first-order valence-corrected chi connectivity index (χ1v) is 9.08. The Morgan fingerprint density at radius 1 is 1.00 bits per heavy atom. The van der Waals surface area contributed by atoms with Crippen molar-refractivity contribution in [2.45, 2.75) is 13.2 Å². The summed E-state index contributed by atoms with van der Waals surface area (Å²) in [6.45, 7) is 0.0657. The monoisotopic (exact) mass is 389 g/mol. The summed E-state index contributed by atoms with van der Waals surface area (Å²) in [7, 11) is 0. The number of furan rings is 1. The van der Waals surface area contributed by atoms with Gasteiger partial charge < -0.3 is 24.7 Å². The third-order valence-corrected chi connectivity index (χ3v) is 4.57. The maximum absolute atomic E-state index is 10.8. The molecule has 1 aromatic heterocycles. The van der Waals surface area contributed by atoms with Gasteiger partial charge in [-0.3, -0.25) is 0 Å². The summed E-state index contributed by atoms with van der Waals surface area (Å²) in [4.78, 5) is 10.8. The van der Waals surface area contributed by atoms with Crippen LogP contribution in [0.4, 0.5) is 4.79 Å². The number of benzene rings is 3. The van der Waals surface area contributed by atoms with Gasteiger partial charge in [0.25, 0.3) is 0 Å². The third-order valence-electron chi connectivity index (χ3n) is 4.57. The van der Waals surface area contributed by atoms with Gasteiger partial charge in [-0.15, -0.1) is 0 Å². The van der Waals surface area contributed by atoms with Gasteiger partial charge in [-0.2, -0.15) is 0 Å². The molecule has 0 radical (unpaired) electrons. The maximum atomic E-state index is 10.8. The second-order valence-corrected chi connectivity index (χ2v) is 6.54. The minimum Gasteiger partial charge on any atom is -0.465 e. The predicted octanol–water partition coefficient (Wildman–Crippen LogP) is 5.15. The van der Waals surface area contributed by atoms with Crippen molar-refractivity contribution in [2.24, 2.45) is 0 Å². The molecule has 4 rings (SSSR count). The number of ether oxygens (including phenoxy) is 1. The molecule has 0 saturated heterocycles. The van der Waals surface area contributed by atoms with Crippen molar-refractivity contribution in [2.75, 3.05) is 0 Å². The fraction of sp³-hybridized carbons (Fsp3) is 0.0870. The van der Waals surface area contributed by atoms with E-state index in [2.05, 4.69) is 5.32 Å². The van der Waals surface area contributed by atoms with Gasteiger partial charge in [-0.05, 0) is 47.0 Å². The highest BCUT2D eigenvalue weighted by molar-refractivity contribution is 5.91. The van der Waals surface area contributed by atoms with Gasteiger partial charge in [0.2, 0.25) is 0 Å². The Morgan fingerprint density at radius 2 is 1.83 bits per heavy atom. The maximum Gasteiger partial charge on any atom is 0.404 e. The van der Waals surface area contributed by atoms with Crippen molar-refractivity contribution in [1.82, 2.24) is 5.32 Å². The van der Waals surface area contributed by atoms with E-state index in [0.717, 1.165) is 22.1 Å². The number of aliphatic hydroxyl groups is 1. The Kier molecular flexibility index (Phi) is 5.18. The van der Waals surface area contributed by atoms with E-state index in [9.17, 15) is 9.90 Å². The molecule has 0 aliphatic carbocycles. The Balaban J connectivity index is 1.78. The molecule has 0 aliphatic rings. The van der Waals surface area contributed by atoms with Crippen LogP contribution < -0.4 is 10.1 Å². The Bertz CT molecular complexity index is 1150. The molecule has 29 heavy (non-hydrogen) atoms. The van der Waals surface area contributed by atoms with E-state index in [1.54, 1.807) is 0 Å². The van der Waals surface area contributed by atoms with Crippen molar-refractivity contribution in [3.8, 4) is 22.6 Å². The number of aliphatic hydroxyl groups excluding tert-OH is 1. The lowest BCUT2D eigenvalue weighted by molar-refractivity contribution is 0.194. The number of rotatable bonds is 6. The van der Waals surface area contributed by atoms with Gasteiger partial charge in [0.1, 0.15) is 5.75 Å².